The summed E-state index contributed by atoms with van der Waals surface area (Å²) in [4.78, 5) is 14.2. The number of carbonyl (C=O) groups is 1. The molecule has 26 heavy (non-hydrogen) atoms. The van der Waals surface area contributed by atoms with E-state index in [2.05, 4.69) is 20.4 Å². The number of nitrogens with one attached hydrogen (secondary N) is 2. The van der Waals surface area contributed by atoms with Crippen molar-refractivity contribution in [3.63, 3.8) is 0 Å². The minimum absolute atomic E-state index is 0.0825. The average molecular weight is 362 g/mol. The van der Waals surface area contributed by atoms with Crippen molar-refractivity contribution in [3.05, 3.63) is 53.4 Å². The molecule has 140 valence electrons. The van der Waals surface area contributed by atoms with Gasteiger partial charge in [0.25, 0.3) is 0 Å². The van der Waals surface area contributed by atoms with Gasteiger partial charge in [0.1, 0.15) is 11.6 Å². The van der Waals surface area contributed by atoms with E-state index in [-0.39, 0.29) is 11.9 Å². The Morgan fingerprint density at radius 2 is 1.92 bits per heavy atom. The molecule has 0 spiro atoms. The fourth-order valence-electron chi connectivity index (χ4n) is 3.36. The zero-order valence-corrected chi connectivity index (χ0v) is 14.7. The van der Waals surface area contributed by atoms with E-state index in [1.807, 2.05) is 6.20 Å². The van der Waals surface area contributed by atoms with Gasteiger partial charge in [-0.2, -0.15) is 5.10 Å². The first-order valence-electron chi connectivity index (χ1n) is 9.03. The van der Waals surface area contributed by atoms with Crippen LogP contribution in [0.25, 0.3) is 0 Å². The van der Waals surface area contributed by atoms with E-state index in [1.165, 1.54) is 12.1 Å². The Balaban J connectivity index is 1.36. The van der Waals surface area contributed by atoms with Gasteiger partial charge >= 0.3 is 0 Å². The molecular weight excluding hydrogens is 338 g/mol. The summed E-state index contributed by atoms with van der Waals surface area (Å²) >= 11 is 0. The van der Waals surface area contributed by atoms with Crippen molar-refractivity contribution in [3.8, 4) is 0 Å². The van der Waals surface area contributed by atoms with Crippen molar-refractivity contribution < 1.29 is 13.6 Å². The normalized spacial score (nSPS) is 15.9. The summed E-state index contributed by atoms with van der Waals surface area (Å²) in [5.74, 6) is -1.01. The SMILES string of the molecule is O=C(CCCc1cn[nH]c1)NC1CCN(Cc2cc(F)cc(F)c2)CC1. The Labute approximate surface area is 151 Å². The summed E-state index contributed by atoms with van der Waals surface area (Å²) in [6, 6.07) is 3.81. The average Bonchev–Trinajstić information content (AvgIpc) is 3.09. The smallest absolute Gasteiger partial charge is 0.220 e. The molecule has 2 heterocycles. The summed E-state index contributed by atoms with van der Waals surface area (Å²) in [6.45, 7) is 2.14. The molecule has 2 aromatic rings. The van der Waals surface area contributed by atoms with Crippen LogP contribution in [0.4, 0.5) is 8.78 Å². The monoisotopic (exact) mass is 362 g/mol. The quantitative estimate of drug-likeness (QED) is 0.796. The highest BCUT2D eigenvalue weighted by Gasteiger charge is 2.20. The largest absolute Gasteiger partial charge is 0.353 e. The van der Waals surface area contributed by atoms with Crippen molar-refractivity contribution in [2.75, 3.05) is 13.1 Å². The van der Waals surface area contributed by atoms with Gasteiger partial charge in [-0.15, -0.1) is 0 Å². The van der Waals surface area contributed by atoms with Crippen LogP contribution in [0.15, 0.2) is 30.6 Å². The second kappa shape index (κ2) is 8.89. The number of likely N-dealkylation sites (tertiary alicyclic amines) is 1. The molecule has 0 bridgehead atoms. The zero-order valence-electron chi connectivity index (χ0n) is 14.7. The first-order valence-corrected chi connectivity index (χ1v) is 9.03. The van der Waals surface area contributed by atoms with Gasteiger partial charge in [0, 0.05) is 44.4 Å². The predicted octanol–water partition coefficient (Wildman–Crippen LogP) is 2.79. The molecule has 7 heteroatoms. The van der Waals surface area contributed by atoms with Crippen LogP contribution in [0.5, 0.6) is 0 Å². The summed E-state index contributed by atoms with van der Waals surface area (Å²) < 4.78 is 26.5. The third-order valence-corrected chi connectivity index (χ3v) is 4.71. The van der Waals surface area contributed by atoms with Crippen LogP contribution < -0.4 is 5.32 Å². The van der Waals surface area contributed by atoms with E-state index in [9.17, 15) is 13.6 Å². The topological polar surface area (TPSA) is 61.0 Å². The van der Waals surface area contributed by atoms with Gasteiger partial charge in [0.05, 0.1) is 6.20 Å². The first kappa shape index (κ1) is 18.5. The maximum absolute atomic E-state index is 13.3. The summed E-state index contributed by atoms with van der Waals surface area (Å²) in [7, 11) is 0. The van der Waals surface area contributed by atoms with Gasteiger partial charge in [0.2, 0.25) is 5.91 Å². The zero-order chi connectivity index (χ0) is 18.4. The van der Waals surface area contributed by atoms with E-state index in [0.717, 1.165) is 50.4 Å². The van der Waals surface area contributed by atoms with Gasteiger partial charge < -0.3 is 5.32 Å². The lowest BCUT2D eigenvalue weighted by Crippen LogP contribution is -2.44. The molecule has 1 aromatic heterocycles. The first-order chi connectivity index (χ1) is 12.6. The molecule has 1 aliphatic rings. The summed E-state index contributed by atoms with van der Waals surface area (Å²) in [6.07, 6.45) is 7.47. The number of aromatic nitrogens is 2. The number of aryl methyl sites for hydroxylation is 1. The molecule has 2 N–H and O–H groups in total. The Hall–Kier alpha value is -2.28. The number of aromatic amines is 1. The van der Waals surface area contributed by atoms with Gasteiger partial charge in [-0.1, -0.05) is 0 Å². The third kappa shape index (κ3) is 5.62. The van der Waals surface area contributed by atoms with Crippen LogP contribution in [-0.2, 0) is 17.8 Å². The molecule has 0 aliphatic carbocycles. The van der Waals surface area contributed by atoms with Crippen LogP contribution in [0.3, 0.4) is 0 Å². The Morgan fingerprint density at radius 3 is 2.58 bits per heavy atom. The highest BCUT2D eigenvalue weighted by molar-refractivity contribution is 5.76. The van der Waals surface area contributed by atoms with E-state index in [4.69, 9.17) is 0 Å². The van der Waals surface area contributed by atoms with Gasteiger partial charge in [-0.3, -0.25) is 14.8 Å². The molecule has 0 unspecified atom stereocenters. The van der Waals surface area contributed by atoms with Gasteiger partial charge in [-0.05, 0) is 48.9 Å². The minimum atomic E-state index is -0.544. The molecule has 0 radical (unpaired) electrons. The predicted molar refractivity (Wildman–Crippen MR) is 94.3 cm³/mol. The van der Waals surface area contributed by atoms with Crippen LogP contribution in [-0.4, -0.2) is 40.1 Å². The molecule has 1 saturated heterocycles. The van der Waals surface area contributed by atoms with Crippen molar-refractivity contribution >= 4 is 5.91 Å². The van der Waals surface area contributed by atoms with E-state index in [0.29, 0.717) is 18.5 Å². The van der Waals surface area contributed by atoms with Gasteiger partial charge in [-0.25, -0.2) is 8.78 Å². The Morgan fingerprint density at radius 1 is 1.19 bits per heavy atom. The number of benzene rings is 1. The molecule has 1 aromatic carbocycles. The molecule has 1 amide bonds. The number of halogens is 2. The molecular formula is C19H24F2N4O. The van der Waals surface area contributed by atoms with Crippen LogP contribution in [0, 0.1) is 11.6 Å². The van der Waals surface area contributed by atoms with E-state index in [1.54, 1.807) is 6.20 Å². The minimum Gasteiger partial charge on any atom is -0.353 e. The lowest BCUT2D eigenvalue weighted by Gasteiger charge is -2.32. The third-order valence-electron chi connectivity index (χ3n) is 4.71. The number of rotatable bonds is 7. The van der Waals surface area contributed by atoms with Crippen molar-refractivity contribution in [2.45, 2.75) is 44.7 Å². The molecule has 3 rings (SSSR count). The Bertz CT molecular complexity index is 692. The Kier molecular flexibility index (Phi) is 6.33. The second-order valence-corrected chi connectivity index (χ2v) is 6.86. The standard InChI is InChI=1S/C19H24F2N4O/c20-16-8-15(9-17(21)10-16)13-25-6-4-18(5-7-25)24-19(26)3-1-2-14-11-22-23-12-14/h8-12,18H,1-7,13H2,(H,22,23)(H,24,26). The fourth-order valence-corrected chi connectivity index (χ4v) is 3.36. The maximum Gasteiger partial charge on any atom is 0.220 e. The van der Waals surface area contributed by atoms with Crippen LogP contribution in [0.2, 0.25) is 0 Å². The van der Waals surface area contributed by atoms with Crippen LogP contribution in [0.1, 0.15) is 36.8 Å². The van der Waals surface area contributed by atoms with Crippen molar-refractivity contribution in [2.24, 2.45) is 0 Å². The summed E-state index contributed by atoms with van der Waals surface area (Å²) in [5, 5.41) is 9.75. The maximum atomic E-state index is 13.3. The lowest BCUT2D eigenvalue weighted by molar-refractivity contribution is -0.122. The molecule has 1 aliphatic heterocycles. The summed E-state index contributed by atoms with van der Waals surface area (Å²) in [5.41, 5.74) is 1.75. The highest BCUT2D eigenvalue weighted by Crippen LogP contribution is 2.16. The number of hydrogen-bond donors (Lipinski definition) is 2. The number of H-pyrrole nitrogens is 1. The number of hydrogen-bond acceptors (Lipinski definition) is 3. The van der Waals surface area contributed by atoms with Crippen molar-refractivity contribution in [1.82, 2.24) is 20.4 Å². The second-order valence-electron chi connectivity index (χ2n) is 6.86. The number of amides is 1. The lowest BCUT2D eigenvalue weighted by atomic mass is 10.0. The molecule has 0 saturated carbocycles. The number of piperidine rings is 1. The highest BCUT2D eigenvalue weighted by atomic mass is 19.1. The number of carbonyl (C=O) groups excluding carboxylic acids is 1. The van der Waals surface area contributed by atoms with Crippen molar-refractivity contribution in [1.29, 1.82) is 0 Å². The molecule has 5 nitrogen and oxygen atoms in total. The number of nitrogens with zero attached hydrogens (tertiary/aromatic N) is 2. The molecule has 0 atom stereocenters. The van der Waals surface area contributed by atoms with Gasteiger partial charge in [0.15, 0.2) is 0 Å². The van der Waals surface area contributed by atoms with Crippen LogP contribution >= 0.6 is 0 Å². The van der Waals surface area contributed by atoms with E-state index < -0.39 is 11.6 Å². The fraction of sp³-hybridized carbons (Fsp3) is 0.474. The molecule has 1 fully saturated rings. The van der Waals surface area contributed by atoms with E-state index >= 15 is 0 Å².